The second-order valence-electron chi connectivity index (χ2n) is 17.4. The zero-order chi connectivity index (χ0) is 45.1. The van der Waals surface area contributed by atoms with Gasteiger partial charge >= 0.3 is 0 Å². The van der Waals surface area contributed by atoms with E-state index in [2.05, 4.69) is 188 Å². The average Bonchev–Trinajstić information content (AvgIpc) is 3.74. The summed E-state index contributed by atoms with van der Waals surface area (Å²) in [5.41, 5.74) is 16.5. The Morgan fingerprint density at radius 1 is 0.265 bits per heavy atom. The summed E-state index contributed by atoms with van der Waals surface area (Å²) in [6.07, 6.45) is 0. The fourth-order valence-electron chi connectivity index (χ4n) is 10.3. The first-order valence-corrected chi connectivity index (χ1v) is 22.9. The van der Waals surface area contributed by atoms with E-state index < -0.39 is 0 Å². The highest BCUT2D eigenvalue weighted by Crippen LogP contribution is 2.48. The predicted octanol–water partition coefficient (Wildman–Crippen LogP) is 16.5. The molecule has 1 heterocycles. The maximum Gasteiger partial charge on any atom is 0.164 e. The molecule has 0 unspecified atom stereocenters. The van der Waals surface area contributed by atoms with Crippen LogP contribution in [-0.2, 0) is 0 Å². The van der Waals surface area contributed by atoms with Crippen molar-refractivity contribution in [2.75, 3.05) is 0 Å². The first-order valence-electron chi connectivity index (χ1n) is 22.9. The molecular weight excluding hydrogens is 825 g/mol. The van der Waals surface area contributed by atoms with Crippen LogP contribution in [0.4, 0.5) is 0 Å². The maximum absolute atomic E-state index is 10.4. The van der Waals surface area contributed by atoms with Crippen LogP contribution in [0, 0.1) is 11.3 Å². The lowest BCUT2D eigenvalue weighted by molar-refractivity contribution is 1.07. The Kier molecular flexibility index (Phi) is 9.20. The lowest BCUT2D eigenvalue weighted by Gasteiger charge is -2.16. The SMILES string of the molecule is N#Cc1cc(-c2ccc(-c3cccc4c3ccc3ccccc34)cc2)cc(-c2ccccc2-c2ccccc2-c2nc(-c3ccccc3)nc(-c3ccc4c(c3)-c3cccc5cccc-4c35)n2)c1. The van der Waals surface area contributed by atoms with Gasteiger partial charge in [-0.2, -0.15) is 5.26 Å². The summed E-state index contributed by atoms with van der Waals surface area (Å²) in [5.74, 6) is 1.79. The molecule has 0 spiro atoms. The highest BCUT2D eigenvalue weighted by atomic mass is 15.0. The fraction of sp³-hybridized carbons (Fsp3) is 0. The van der Waals surface area contributed by atoms with E-state index in [1.807, 2.05) is 48.5 Å². The first-order chi connectivity index (χ1) is 33.6. The second kappa shape index (κ2) is 16.0. The van der Waals surface area contributed by atoms with Crippen LogP contribution < -0.4 is 0 Å². The van der Waals surface area contributed by atoms with Gasteiger partial charge in [-0.15, -0.1) is 0 Å². The van der Waals surface area contributed by atoms with Gasteiger partial charge in [-0.05, 0) is 123 Å². The standard InChI is InChI=1S/C64H38N4/c65-39-40-35-47(41-27-29-43(30-28-41)50-23-12-24-53-49-18-5-4-13-42(49)31-33-55(50)53)37-48(36-40)51-19-6-7-20-52(51)54-21-8-9-22-59(54)64-67-62(45-14-2-1-3-15-45)66-63(68-64)46-32-34-56-57-25-10-16-44-17-11-26-58(61(44)57)60(56)38-46/h1-38H. The highest BCUT2D eigenvalue weighted by Gasteiger charge is 2.23. The van der Waals surface area contributed by atoms with Crippen molar-refractivity contribution >= 4 is 32.3 Å². The Morgan fingerprint density at radius 3 is 1.60 bits per heavy atom. The maximum atomic E-state index is 10.4. The van der Waals surface area contributed by atoms with E-state index in [1.165, 1.54) is 60.1 Å². The molecule has 68 heavy (non-hydrogen) atoms. The van der Waals surface area contributed by atoms with Crippen LogP contribution in [0.2, 0.25) is 0 Å². The van der Waals surface area contributed by atoms with Gasteiger partial charge in [0.25, 0.3) is 0 Å². The highest BCUT2D eigenvalue weighted by molar-refractivity contribution is 6.16. The van der Waals surface area contributed by atoms with Crippen LogP contribution in [0.5, 0.6) is 0 Å². The van der Waals surface area contributed by atoms with E-state index in [1.54, 1.807) is 0 Å². The summed E-state index contributed by atoms with van der Waals surface area (Å²) in [6.45, 7) is 0. The molecule has 0 saturated carbocycles. The minimum absolute atomic E-state index is 0.580. The van der Waals surface area contributed by atoms with Gasteiger partial charge < -0.3 is 0 Å². The predicted molar refractivity (Wildman–Crippen MR) is 280 cm³/mol. The van der Waals surface area contributed by atoms with E-state index in [-0.39, 0.29) is 0 Å². The molecule has 4 heteroatoms. The number of fused-ring (bicyclic) bond motifs is 6. The third-order valence-electron chi connectivity index (χ3n) is 13.5. The molecule has 0 amide bonds. The molecule has 11 aromatic carbocycles. The molecule has 0 atom stereocenters. The Balaban J connectivity index is 0.904. The summed E-state index contributed by atoms with van der Waals surface area (Å²) in [6, 6.07) is 83.4. The van der Waals surface area contributed by atoms with Crippen LogP contribution >= 0.6 is 0 Å². The van der Waals surface area contributed by atoms with Crippen molar-refractivity contribution < 1.29 is 0 Å². The normalized spacial score (nSPS) is 11.5. The molecule has 0 radical (unpaired) electrons. The fourth-order valence-corrected chi connectivity index (χ4v) is 10.3. The van der Waals surface area contributed by atoms with Crippen molar-refractivity contribution in [3.8, 4) is 107 Å². The number of nitriles is 1. The third kappa shape index (κ3) is 6.56. The summed E-state index contributed by atoms with van der Waals surface area (Å²) in [7, 11) is 0. The number of benzene rings is 11. The first kappa shape index (κ1) is 39.1. The molecule has 13 rings (SSSR count). The summed E-state index contributed by atoms with van der Waals surface area (Å²) in [4.78, 5) is 15.6. The van der Waals surface area contributed by atoms with Gasteiger partial charge in [0.05, 0.1) is 11.6 Å². The summed E-state index contributed by atoms with van der Waals surface area (Å²) >= 11 is 0. The zero-order valence-electron chi connectivity index (χ0n) is 36.7. The van der Waals surface area contributed by atoms with E-state index in [9.17, 15) is 5.26 Å². The van der Waals surface area contributed by atoms with E-state index in [0.717, 1.165) is 55.6 Å². The number of hydrogen-bond acceptors (Lipinski definition) is 4. The Bertz CT molecular complexity index is 4030. The molecule has 0 aliphatic heterocycles. The number of rotatable bonds is 7. The topological polar surface area (TPSA) is 62.5 Å². The van der Waals surface area contributed by atoms with Crippen LogP contribution in [0.25, 0.3) is 133 Å². The third-order valence-corrected chi connectivity index (χ3v) is 13.5. The second-order valence-corrected chi connectivity index (χ2v) is 17.4. The van der Waals surface area contributed by atoms with Gasteiger partial charge in [0.15, 0.2) is 17.5 Å². The number of nitrogens with zero attached hydrogens (tertiary/aromatic N) is 4. The quantitative estimate of drug-likeness (QED) is 0.150. The van der Waals surface area contributed by atoms with Gasteiger partial charge in [0, 0.05) is 16.7 Å². The van der Waals surface area contributed by atoms with Gasteiger partial charge in [-0.1, -0.05) is 206 Å². The average molecular weight is 863 g/mol. The molecule has 1 aromatic heterocycles. The van der Waals surface area contributed by atoms with Gasteiger partial charge in [-0.25, -0.2) is 15.0 Å². The van der Waals surface area contributed by atoms with Gasteiger partial charge in [0.1, 0.15) is 0 Å². The van der Waals surface area contributed by atoms with Crippen molar-refractivity contribution in [3.63, 3.8) is 0 Å². The minimum atomic E-state index is 0.580. The van der Waals surface area contributed by atoms with Crippen LogP contribution in [0.1, 0.15) is 5.56 Å². The molecule has 4 nitrogen and oxygen atoms in total. The largest absolute Gasteiger partial charge is 0.208 e. The van der Waals surface area contributed by atoms with Gasteiger partial charge in [0.2, 0.25) is 0 Å². The van der Waals surface area contributed by atoms with Crippen molar-refractivity contribution in [3.05, 3.63) is 236 Å². The molecule has 0 bridgehead atoms. The van der Waals surface area contributed by atoms with Crippen LogP contribution in [0.3, 0.4) is 0 Å². The Labute approximate surface area is 393 Å². The molecule has 1 aliphatic rings. The Morgan fingerprint density at radius 2 is 0.809 bits per heavy atom. The van der Waals surface area contributed by atoms with Crippen molar-refractivity contribution in [2.24, 2.45) is 0 Å². The molecule has 0 fully saturated rings. The monoisotopic (exact) mass is 862 g/mol. The molecular formula is C64H38N4. The van der Waals surface area contributed by atoms with Crippen LogP contribution in [0.15, 0.2) is 231 Å². The van der Waals surface area contributed by atoms with E-state index >= 15 is 0 Å². The Hall–Kier alpha value is -9.30. The summed E-state index contributed by atoms with van der Waals surface area (Å²) < 4.78 is 0. The minimum Gasteiger partial charge on any atom is -0.208 e. The number of aromatic nitrogens is 3. The lowest BCUT2D eigenvalue weighted by atomic mass is 9.89. The molecule has 1 aliphatic carbocycles. The molecule has 0 saturated heterocycles. The van der Waals surface area contributed by atoms with Crippen molar-refractivity contribution in [1.29, 1.82) is 5.26 Å². The zero-order valence-corrected chi connectivity index (χ0v) is 36.7. The molecule has 12 aromatic rings. The van der Waals surface area contributed by atoms with Gasteiger partial charge in [-0.3, -0.25) is 0 Å². The van der Waals surface area contributed by atoms with E-state index in [4.69, 9.17) is 15.0 Å². The van der Waals surface area contributed by atoms with Crippen molar-refractivity contribution in [1.82, 2.24) is 15.0 Å². The van der Waals surface area contributed by atoms with Crippen molar-refractivity contribution in [2.45, 2.75) is 0 Å². The smallest absolute Gasteiger partial charge is 0.164 e. The molecule has 314 valence electrons. The number of hydrogen-bond donors (Lipinski definition) is 0. The summed E-state index contributed by atoms with van der Waals surface area (Å²) in [5, 5.41) is 17.9. The molecule has 0 N–H and O–H groups in total. The van der Waals surface area contributed by atoms with Crippen LogP contribution in [-0.4, -0.2) is 15.0 Å². The van der Waals surface area contributed by atoms with E-state index in [0.29, 0.717) is 23.0 Å². The lowest BCUT2D eigenvalue weighted by Crippen LogP contribution is -2.01.